The Morgan fingerprint density at radius 1 is 1.19 bits per heavy atom. The normalized spacial score (nSPS) is 15.3. The highest BCUT2D eigenvalue weighted by Crippen LogP contribution is 2.29. The van der Waals surface area contributed by atoms with E-state index in [2.05, 4.69) is 31.4 Å². The number of hydrogen-bond acceptors (Lipinski definition) is 6. The van der Waals surface area contributed by atoms with Gasteiger partial charge in [0.15, 0.2) is 16.7 Å². The number of amidine groups is 1. The Balaban J connectivity index is 1.68. The second-order valence-corrected chi connectivity index (χ2v) is 7.42. The third-order valence-corrected chi connectivity index (χ3v) is 4.91. The maximum atomic E-state index is 11.1. The molecular formula is C19H18BrN3O3S. The van der Waals surface area contributed by atoms with Gasteiger partial charge in [0.1, 0.15) is 6.61 Å². The summed E-state index contributed by atoms with van der Waals surface area (Å²) >= 11 is 4.75. The molecule has 6 nitrogen and oxygen atoms in total. The first-order chi connectivity index (χ1) is 13.1. The number of thioether (sulfide) groups is 1. The summed E-state index contributed by atoms with van der Waals surface area (Å²) in [5, 5.41) is 11.1. The number of nitrogens with one attached hydrogen (secondary N) is 1. The molecule has 0 saturated carbocycles. The molecule has 1 heterocycles. The summed E-state index contributed by atoms with van der Waals surface area (Å²) in [5.74, 6) is 1.64. The van der Waals surface area contributed by atoms with E-state index >= 15 is 0 Å². The van der Waals surface area contributed by atoms with Gasteiger partial charge in [-0.3, -0.25) is 4.79 Å². The Morgan fingerprint density at radius 3 is 2.70 bits per heavy atom. The van der Waals surface area contributed by atoms with Crippen molar-refractivity contribution in [1.82, 2.24) is 5.32 Å². The number of ether oxygens (including phenoxy) is 2. The molecule has 1 saturated heterocycles. The fourth-order valence-electron chi connectivity index (χ4n) is 2.26. The molecule has 0 aromatic heterocycles. The number of carbonyl (C=O) groups excluding carboxylic acids is 1. The van der Waals surface area contributed by atoms with Gasteiger partial charge in [-0.15, -0.1) is 5.10 Å². The molecule has 1 amide bonds. The van der Waals surface area contributed by atoms with Gasteiger partial charge in [-0.2, -0.15) is 5.10 Å². The third kappa shape index (κ3) is 5.83. The van der Waals surface area contributed by atoms with E-state index in [9.17, 15) is 4.79 Å². The van der Waals surface area contributed by atoms with Crippen LogP contribution >= 0.6 is 27.7 Å². The molecule has 140 valence electrons. The van der Waals surface area contributed by atoms with Crippen molar-refractivity contribution in [2.45, 2.75) is 13.5 Å². The van der Waals surface area contributed by atoms with Gasteiger partial charge >= 0.3 is 0 Å². The van der Waals surface area contributed by atoms with E-state index in [1.165, 1.54) is 11.8 Å². The zero-order valence-electron chi connectivity index (χ0n) is 14.6. The van der Waals surface area contributed by atoms with Crippen molar-refractivity contribution in [3.63, 3.8) is 0 Å². The number of halogens is 1. The molecule has 1 aliphatic rings. The molecule has 3 rings (SSSR count). The molecule has 0 spiro atoms. The van der Waals surface area contributed by atoms with Crippen LogP contribution in [-0.2, 0) is 11.4 Å². The van der Waals surface area contributed by atoms with E-state index in [4.69, 9.17) is 9.47 Å². The van der Waals surface area contributed by atoms with Crippen molar-refractivity contribution in [2.75, 3.05) is 12.4 Å². The molecule has 0 aliphatic carbocycles. The SMILES string of the molecule is CCOc1cc(C=NN=C2NC(=O)CS2)ccc1OCc1ccc(Br)cc1. The molecule has 0 bridgehead atoms. The van der Waals surface area contributed by atoms with Crippen molar-refractivity contribution < 1.29 is 14.3 Å². The fourth-order valence-corrected chi connectivity index (χ4v) is 3.16. The van der Waals surface area contributed by atoms with Gasteiger partial charge in [0.05, 0.1) is 18.6 Å². The van der Waals surface area contributed by atoms with Crippen LogP contribution in [0.1, 0.15) is 18.1 Å². The lowest BCUT2D eigenvalue weighted by molar-refractivity contribution is -0.116. The maximum Gasteiger partial charge on any atom is 0.236 e. The summed E-state index contributed by atoms with van der Waals surface area (Å²) in [6.45, 7) is 2.90. The summed E-state index contributed by atoms with van der Waals surface area (Å²) in [6.07, 6.45) is 1.61. The van der Waals surface area contributed by atoms with E-state index < -0.39 is 0 Å². The second-order valence-electron chi connectivity index (χ2n) is 5.54. The van der Waals surface area contributed by atoms with Crippen LogP contribution < -0.4 is 14.8 Å². The van der Waals surface area contributed by atoms with Crippen molar-refractivity contribution in [1.29, 1.82) is 0 Å². The molecular weight excluding hydrogens is 430 g/mol. The van der Waals surface area contributed by atoms with Crippen LogP contribution in [0.3, 0.4) is 0 Å². The predicted octanol–water partition coefficient (Wildman–Crippen LogP) is 3.98. The highest BCUT2D eigenvalue weighted by Gasteiger charge is 2.16. The summed E-state index contributed by atoms with van der Waals surface area (Å²) in [7, 11) is 0. The Morgan fingerprint density at radius 2 is 2.00 bits per heavy atom. The van der Waals surface area contributed by atoms with Crippen LogP contribution in [-0.4, -0.2) is 29.6 Å². The van der Waals surface area contributed by atoms with Crippen LogP contribution in [0.15, 0.2) is 57.1 Å². The zero-order valence-corrected chi connectivity index (χ0v) is 17.0. The van der Waals surface area contributed by atoms with Gasteiger partial charge in [-0.25, -0.2) is 0 Å². The number of nitrogens with zero attached hydrogens (tertiary/aromatic N) is 2. The van der Waals surface area contributed by atoms with Crippen molar-refractivity contribution >= 4 is 45.0 Å². The second kappa shape index (κ2) is 9.57. The van der Waals surface area contributed by atoms with Gasteiger partial charge in [0, 0.05) is 4.47 Å². The van der Waals surface area contributed by atoms with Crippen LogP contribution in [0, 0.1) is 0 Å². The van der Waals surface area contributed by atoms with E-state index in [-0.39, 0.29) is 5.91 Å². The summed E-state index contributed by atoms with van der Waals surface area (Å²) in [5.41, 5.74) is 1.89. The van der Waals surface area contributed by atoms with E-state index in [1.807, 2.05) is 49.4 Å². The monoisotopic (exact) mass is 447 g/mol. The Kier molecular flexibility index (Phi) is 6.89. The van der Waals surface area contributed by atoms with Crippen molar-refractivity contribution in [2.24, 2.45) is 10.2 Å². The van der Waals surface area contributed by atoms with Gasteiger partial charge < -0.3 is 14.8 Å². The molecule has 2 aromatic rings. The van der Waals surface area contributed by atoms with E-state index in [0.717, 1.165) is 15.6 Å². The average Bonchev–Trinajstić information content (AvgIpc) is 3.08. The first kappa shape index (κ1) is 19.4. The van der Waals surface area contributed by atoms with E-state index in [0.29, 0.717) is 35.6 Å². The van der Waals surface area contributed by atoms with Crippen LogP contribution in [0.4, 0.5) is 0 Å². The number of benzene rings is 2. The smallest absolute Gasteiger partial charge is 0.236 e. The molecule has 2 aromatic carbocycles. The predicted molar refractivity (Wildman–Crippen MR) is 112 cm³/mol. The van der Waals surface area contributed by atoms with Gasteiger partial charge in [-0.1, -0.05) is 39.8 Å². The Bertz CT molecular complexity index is 869. The maximum absolute atomic E-state index is 11.1. The molecule has 0 atom stereocenters. The Hall–Kier alpha value is -2.32. The third-order valence-electron chi connectivity index (χ3n) is 3.52. The number of hydrogen-bond donors (Lipinski definition) is 1. The Labute approximate surface area is 170 Å². The van der Waals surface area contributed by atoms with E-state index in [1.54, 1.807) is 6.21 Å². The van der Waals surface area contributed by atoms with Crippen molar-refractivity contribution in [3.05, 3.63) is 58.1 Å². The molecule has 0 radical (unpaired) electrons. The van der Waals surface area contributed by atoms with Crippen LogP contribution in [0.5, 0.6) is 11.5 Å². The van der Waals surface area contributed by atoms with Gasteiger partial charge in [0.2, 0.25) is 5.91 Å². The van der Waals surface area contributed by atoms with Crippen LogP contribution in [0.25, 0.3) is 0 Å². The molecule has 1 aliphatic heterocycles. The summed E-state index contributed by atoms with van der Waals surface area (Å²) < 4.78 is 12.6. The number of carbonyl (C=O) groups is 1. The molecule has 1 N–H and O–H groups in total. The first-order valence-electron chi connectivity index (χ1n) is 8.32. The van der Waals surface area contributed by atoms with Gasteiger partial charge in [0.25, 0.3) is 0 Å². The number of amides is 1. The minimum Gasteiger partial charge on any atom is -0.490 e. The van der Waals surface area contributed by atoms with Gasteiger partial charge in [-0.05, 0) is 48.4 Å². The average molecular weight is 448 g/mol. The molecule has 0 unspecified atom stereocenters. The number of rotatable bonds is 7. The first-order valence-corrected chi connectivity index (χ1v) is 10.1. The highest BCUT2D eigenvalue weighted by atomic mass is 79.9. The standard InChI is InChI=1S/C19H18BrN3O3S/c1-2-25-17-9-14(10-21-23-19-22-18(24)12-27-19)5-8-16(17)26-11-13-3-6-15(20)7-4-13/h3-10H,2,11-12H2,1H3,(H,22,23,24). The summed E-state index contributed by atoms with van der Waals surface area (Å²) in [6, 6.07) is 13.6. The summed E-state index contributed by atoms with van der Waals surface area (Å²) in [4.78, 5) is 11.1. The lowest BCUT2D eigenvalue weighted by Gasteiger charge is -2.12. The zero-order chi connectivity index (χ0) is 19.1. The largest absolute Gasteiger partial charge is 0.490 e. The molecule has 8 heteroatoms. The molecule has 27 heavy (non-hydrogen) atoms. The van der Waals surface area contributed by atoms with Crippen molar-refractivity contribution in [3.8, 4) is 11.5 Å². The lowest BCUT2D eigenvalue weighted by Crippen LogP contribution is -2.19. The minimum atomic E-state index is -0.0557. The quantitative estimate of drug-likeness (QED) is 0.514. The fraction of sp³-hybridized carbons (Fsp3) is 0.211. The van der Waals surface area contributed by atoms with Crippen LogP contribution in [0.2, 0.25) is 0 Å². The minimum absolute atomic E-state index is 0.0557. The highest BCUT2D eigenvalue weighted by molar-refractivity contribution is 9.10. The lowest BCUT2D eigenvalue weighted by atomic mass is 10.2. The molecule has 1 fully saturated rings. The topological polar surface area (TPSA) is 72.3 Å².